The Labute approximate surface area is 124 Å². The first-order valence-electron chi connectivity index (χ1n) is 6.77. The van der Waals surface area contributed by atoms with E-state index in [1.165, 1.54) is 6.92 Å². The van der Waals surface area contributed by atoms with Crippen LogP contribution in [-0.2, 0) is 11.2 Å². The Balaban J connectivity index is 2.00. The molecule has 0 unspecified atom stereocenters. The van der Waals surface area contributed by atoms with Crippen molar-refractivity contribution in [2.24, 2.45) is 5.73 Å². The summed E-state index contributed by atoms with van der Waals surface area (Å²) in [5.74, 6) is -0.306. The Morgan fingerprint density at radius 3 is 2.48 bits per heavy atom. The van der Waals surface area contributed by atoms with Crippen LogP contribution in [0.4, 0.5) is 5.69 Å². The summed E-state index contributed by atoms with van der Waals surface area (Å²) >= 11 is 0. The normalized spacial score (nSPS) is 11.7. The lowest BCUT2D eigenvalue weighted by atomic mass is 10.1. The van der Waals surface area contributed by atoms with Gasteiger partial charge in [0.1, 0.15) is 0 Å². The van der Waals surface area contributed by atoms with Crippen LogP contribution in [0, 0.1) is 0 Å². The Morgan fingerprint density at radius 2 is 1.81 bits per heavy atom. The topological polar surface area (TPSA) is 72.2 Å². The molecule has 2 rings (SSSR count). The van der Waals surface area contributed by atoms with Gasteiger partial charge in [-0.1, -0.05) is 42.5 Å². The summed E-state index contributed by atoms with van der Waals surface area (Å²) in [7, 11) is 0. The number of carbonyl (C=O) groups is 2. The van der Waals surface area contributed by atoms with Gasteiger partial charge in [-0.25, -0.2) is 0 Å². The lowest BCUT2D eigenvalue weighted by molar-refractivity contribution is -0.117. The molecule has 0 radical (unpaired) electrons. The van der Waals surface area contributed by atoms with Crippen LogP contribution in [0.2, 0.25) is 0 Å². The predicted molar refractivity (Wildman–Crippen MR) is 83.2 cm³/mol. The molecule has 2 aromatic carbocycles. The van der Waals surface area contributed by atoms with E-state index in [9.17, 15) is 9.59 Å². The maximum absolute atomic E-state index is 12.1. The third-order valence-corrected chi connectivity index (χ3v) is 3.17. The highest BCUT2D eigenvalue weighted by atomic mass is 16.2. The van der Waals surface area contributed by atoms with E-state index in [-0.39, 0.29) is 11.7 Å². The summed E-state index contributed by atoms with van der Waals surface area (Å²) in [5, 5.41) is 2.74. The monoisotopic (exact) mass is 282 g/mol. The van der Waals surface area contributed by atoms with Crippen LogP contribution in [0.15, 0.2) is 54.6 Å². The highest BCUT2D eigenvalue weighted by Gasteiger charge is 2.14. The summed E-state index contributed by atoms with van der Waals surface area (Å²) in [6.07, 6.45) is 0.471. The first-order chi connectivity index (χ1) is 10.1. The highest BCUT2D eigenvalue weighted by molar-refractivity contribution is 5.98. The summed E-state index contributed by atoms with van der Waals surface area (Å²) < 4.78 is 0. The van der Waals surface area contributed by atoms with E-state index in [1.807, 2.05) is 30.3 Å². The van der Waals surface area contributed by atoms with Gasteiger partial charge in [-0.2, -0.15) is 0 Å². The van der Waals surface area contributed by atoms with Crippen LogP contribution in [-0.4, -0.2) is 17.7 Å². The average Bonchev–Trinajstić information content (AvgIpc) is 2.48. The van der Waals surface area contributed by atoms with Gasteiger partial charge < -0.3 is 11.1 Å². The van der Waals surface area contributed by atoms with Gasteiger partial charge in [-0.15, -0.1) is 0 Å². The van der Waals surface area contributed by atoms with E-state index in [0.29, 0.717) is 17.7 Å². The van der Waals surface area contributed by atoms with Gasteiger partial charge in [-0.05, 0) is 31.0 Å². The van der Waals surface area contributed by atoms with Crippen molar-refractivity contribution in [1.29, 1.82) is 0 Å². The maximum atomic E-state index is 12.1. The number of rotatable bonds is 5. The van der Waals surface area contributed by atoms with Gasteiger partial charge in [0.25, 0.3) is 0 Å². The Kier molecular flexibility index (Phi) is 4.85. The maximum Gasteiger partial charge on any atom is 0.241 e. The van der Waals surface area contributed by atoms with Crippen molar-refractivity contribution in [3.8, 4) is 0 Å². The van der Waals surface area contributed by atoms with Crippen molar-refractivity contribution in [3.05, 3.63) is 65.7 Å². The van der Waals surface area contributed by atoms with Crippen LogP contribution < -0.4 is 11.1 Å². The van der Waals surface area contributed by atoms with E-state index >= 15 is 0 Å². The highest BCUT2D eigenvalue weighted by Crippen LogP contribution is 2.12. The number of ketones is 1. The predicted octanol–water partition coefficient (Wildman–Crippen LogP) is 2.40. The molecular weight excluding hydrogens is 264 g/mol. The van der Waals surface area contributed by atoms with E-state index < -0.39 is 6.04 Å². The average molecular weight is 282 g/mol. The SMILES string of the molecule is CC(=O)c1cccc(NC(=O)[C@@H](N)Cc2ccccc2)c1. The molecule has 21 heavy (non-hydrogen) atoms. The summed E-state index contributed by atoms with van der Waals surface area (Å²) in [6.45, 7) is 1.49. The van der Waals surface area contributed by atoms with Gasteiger partial charge in [0, 0.05) is 11.3 Å². The molecule has 0 saturated carbocycles. The second kappa shape index (κ2) is 6.81. The fraction of sp³-hybridized carbons (Fsp3) is 0.176. The van der Waals surface area contributed by atoms with Gasteiger partial charge >= 0.3 is 0 Å². The largest absolute Gasteiger partial charge is 0.325 e. The van der Waals surface area contributed by atoms with E-state index in [1.54, 1.807) is 24.3 Å². The molecule has 0 fully saturated rings. The number of hydrogen-bond donors (Lipinski definition) is 2. The van der Waals surface area contributed by atoms with Crippen LogP contribution >= 0.6 is 0 Å². The molecule has 3 N–H and O–H groups in total. The number of benzene rings is 2. The molecule has 0 saturated heterocycles. The van der Waals surface area contributed by atoms with Crippen molar-refractivity contribution in [2.45, 2.75) is 19.4 Å². The van der Waals surface area contributed by atoms with Crippen molar-refractivity contribution >= 4 is 17.4 Å². The zero-order valence-corrected chi connectivity index (χ0v) is 11.9. The van der Waals surface area contributed by atoms with E-state index in [0.717, 1.165) is 5.56 Å². The minimum atomic E-state index is -0.631. The first kappa shape index (κ1) is 14.9. The Morgan fingerprint density at radius 1 is 1.10 bits per heavy atom. The van der Waals surface area contributed by atoms with E-state index in [4.69, 9.17) is 5.73 Å². The minimum Gasteiger partial charge on any atom is -0.325 e. The number of nitrogens with one attached hydrogen (secondary N) is 1. The number of amides is 1. The zero-order valence-electron chi connectivity index (χ0n) is 11.9. The molecule has 2 aromatic rings. The first-order valence-corrected chi connectivity index (χ1v) is 6.77. The fourth-order valence-electron chi connectivity index (χ4n) is 2.01. The van der Waals surface area contributed by atoms with E-state index in [2.05, 4.69) is 5.32 Å². The number of anilines is 1. The van der Waals surface area contributed by atoms with Gasteiger partial charge in [0.2, 0.25) is 5.91 Å². The van der Waals surface area contributed by atoms with Crippen LogP contribution in [0.25, 0.3) is 0 Å². The second-order valence-electron chi connectivity index (χ2n) is 4.92. The molecule has 0 aliphatic carbocycles. The van der Waals surface area contributed by atoms with Crippen molar-refractivity contribution < 1.29 is 9.59 Å². The van der Waals surface area contributed by atoms with Crippen LogP contribution in [0.1, 0.15) is 22.8 Å². The molecular formula is C17H18N2O2. The standard InChI is InChI=1S/C17H18N2O2/c1-12(20)14-8-5-9-15(11-14)19-17(21)16(18)10-13-6-3-2-4-7-13/h2-9,11,16H,10,18H2,1H3,(H,19,21)/t16-/m0/s1. The molecule has 4 nitrogen and oxygen atoms in total. The fourth-order valence-corrected chi connectivity index (χ4v) is 2.01. The Hall–Kier alpha value is -2.46. The van der Waals surface area contributed by atoms with Gasteiger partial charge in [0.05, 0.1) is 6.04 Å². The van der Waals surface area contributed by atoms with Crippen molar-refractivity contribution in [2.75, 3.05) is 5.32 Å². The molecule has 0 bridgehead atoms. The molecule has 0 spiro atoms. The van der Waals surface area contributed by atoms with Gasteiger partial charge in [0.15, 0.2) is 5.78 Å². The summed E-state index contributed by atoms with van der Waals surface area (Å²) in [6, 6.07) is 15.8. The third kappa shape index (κ3) is 4.26. The summed E-state index contributed by atoms with van der Waals surface area (Å²) in [4.78, 5) is 23.4. The minimum absolute atomic E-state index is 0.0420. The zero-order chi connectivity index (χ0) is 15.2. The number of Topliss-reactive ketones (excluding diaryl/α,β-unsaturated/α-hetero) is 1. The van der Waals surface area contributed by atoms with Crippen molar-refractivity contribution in [1.82, 2.24) is 0 Å². The number of carbonyl (C=O) groups excluding carboxylic acids is 2. The molecule has 1 atom stereocenters. The molecule has 0 aliphatic rings. The quantitative estimate of drug-likeness (QED) is 0.827. The molecule has 108 valence electrons. The summed E-state index contributed by atoms with van der Waals surface area (Å²) in [5.41, 5.74) is 8.07. The molecule has 0 heterocycles. The number of nitrogens with two attached hydrogens (primary N) is 1. The Bertz CT molecular complexity index is 638. The molecule has 0 aromatic heterocycles. The third-order valence-electron chi connectivity index (χ3n) is 3.17. The molecule has 4 heteroatoms. The van der Waals surface area contributed by atoms with Gasteiger partial charge in [-0.3, -0.25) is 9.59 Å². The van der Waals surface area contributed by atoms with Crippen LogP contribution in [0.5, 0.6) is 0 Å². The number of hydrogen-bond acceptors (Lipinski definition) is 3. The van der Waals surface area contributed by atoms with Crippen molar-refractivity contribution in [3.63, 3.8) is 0 Å². The van der Waals surface area contributed by atoms with Crippen LogP contribution in [0.3, 0.4) is 0 Å². The molecule has 0 aliphatic heterocycles. The second-order valence-corrected chi connectivity index (χ2v) is 4.92. The smallest absolute Gasteiger partial charge is 0.241 e. The molecule has 1 amide bonds. The lowest BCUT2D eigenvalue weighted by Gasteiger charge is -2.12. The lowest BCUT2D eigenvalue weighted by Crippen LogP contribution is -2.37.